The van der Waals surface area contributed by atoms with Gasteiger partial charge in [-0.05, 0) is 30.9 Å². The molecule has 4 rings (SSSR count). The van der Waals surface area contributed by atoms with Gasteiger partial charge in [-0.1, -0.05) is 12.1 Å². The molecule has 4 amide bonds. The number of hydrogen-bond acceptors (Lipinski definition) is 6. The lowest BCUT2D eigenvalue weighted by atomic mass is 10.0. The van der Waals surface area contributed by atoms with Crippen LogP contribution in [0.15, 0.2) is 18.2 Å². The number of hydrogen-bond donors (Lipinski definition) is 3. The molecule has 0 radical (unpaired) electrons. The Hall–Kier alpha value is -2.58. The van der Waals surface area contributed by atoms with E-state index in [2.05, 4.69) is 10.6 Å². The van der Waals surface area contributed by atoms with E-state index in [0.717, 1.165) is 23.3 Å². The molecular weight excluding hydrogens is 336 g/mol. The fraction of sp³-hybridized carbons (Fsp3) is 0.444. The Balaban J connectivity index is 1.61. The Bertz CT molecular complexity index is 830. The van der Waals surface area contributed by atoms with E-state index in [1.54, 1.807) is 18.2 Å². The number of nitrogens with one attached hydrogen (secondary N) is 2. The van der Waals surface area contributed by atoms with E-state index in [1.807, 2.05) is 0 Å². The summed E-state index contributed by atoms with van der Waals surface area (Å²) in [5, 5.41) is 5.58. The minimum absolute atomic E-state index is 0.0717. The molecule has 1 saturated carbocycles. The predicted octanol–water partition coefficient (Wildman–Crippen LogP) is -0.331. The van der Waals surface area contributed by atoms with E-state index in [-0.39, 0.29) is 24.3 Å². The van der Waals surface area contributed by atoms with E-state index in [0.29, 0.717) is 24.2 Å². The lowest BCUT2D eigenvalue weighted by Gasteiger charge is -2.27. The van der Waals surface area contributed by atoms with Gasteiger partial charge < -0.3 is 11.1 Å². The standard InChI is InChI=1S/C18H20N4O4/c19-9-18(6-7-18)20-8-10-2-1-3-11-14(10)17(26)22(16(11)25)12-4-5-13(23)21-15(12)24/h1-3,12,20H,4-9,19H2,(H,21,23,24). The molecule has 0 aromatic heterocycles. The van der Waals surface area contributed by atoms with E-state index >= 15 is 0 Å². The Kier molecular flexibility index (Phi) is 3.89. The van der Waals surface area contributed by atoms with Crippen LogP contribution in [-0.4, -0.2) is 46.7 Å². The molecule has 2 heterocycles. The van der Waals surface area contributed by atoms with Crippen LogP contribution in [0.25, 0.3) is 0 Å². The molecule has 0 spiro atoms. The number of imide groups is 2. The van der Waals surface area contributed by atoms with Gasteiger partial charge in [-0.15, -0.1) is 0 Å². The molecule has 3 aliphatic rings. The first-order valence-electron chi connectivity index (χ1n) is 8.74. The van der Waals surface area contributed by atoms with Crippen molar-refractivity contribution in [1.29, 1.82) is 0 Å². The second-order valence-electron chi connectivity index (χ2n) is 7.12. The van der Waals surface area contributed by atoms with Gasteiger partial charge in [-0.25, -0.2) is 0 Å². The fourth-order valence-electron chi connectivity index (χ4n) is 3.62. The van der Waals surface area contributed by atoms with Crippen molar-refractivity contribution >= 4 is 23.6 Å². The predicted molar refractivity (Wildman–Crippen MR) is 91.0 cm³/mol. The number of rotatable bonds is 5. The maximum atomic E-state index is 13.0. The molecule has 1 atom stereocenters. The fourth-order valence-corrected chi connectivity index (χ4v) is 3.62. The first-order chi connectivity index (χ1) is 12.5. The molecule has 1 aliphatic carbocycles. The highest BCUT2D eigenvalue weighted by Crippen LogP contribution is 2.35. The SMILES string of the molecule is NCC1(NCc2cccc3c2C(=O)N(C2CCC(=O)NC2=O)C3=O)CC1. The summed E-state index contributed by atoms with van der Waals surface area (Å²) in [5.74, 6) is -1.95. The molecule has 2 fully saturated rings. The lowest BCUT2D eigenvalue weighted by Crippen LogP contribution is -2.54. The highest BCUT2D eigenvalue weighted by molar-refractivity contribution is 6.24. The van der Waals surface area contributed by atoms with Crippen molar-refractivity contribution in [1.82, 2.24) is 15.5 Å². The van der Waals surface area contributed by atoms with E-state index in [9.17, 15) is 19.2 Å². The number of amides is 4. The molecule has 1 unspecified atom stereocenters. The van der Waals surface area contributed by atoms with Crippen molar-refractivity contribution in [3.8, 4) is 0 Å². The van der Waals surface area contributed by atoms with Crippen LogP contribution < -0.4 is 16.4 Å². The molecule has 0 bridgehead atoms. The van der Waals surface area contributed by atoms with E-state index in [4.69, 9.17) is 5.73 Å². The largest absolute Gasteiger partial charge is 0.329 e. The third-order valence-electron chi connectivity index (χ3n) is 5.45. The number of piperidine rings is 1. The lowest BCUT2D eigenvalue weighted by molar-refractivity contribution is -0.136. The van der Waals surface area contributed by atoms with Crippen LogP contribution in [0.4, 0.5) is 0 Å². The Labute approximate surface area is 150 Å². The molecular formula is C18H20N4O4. The average Bonchev–Trinajstić information content (AvgIpc) is 3.37. The third kappa shape index (κ3) is 2.62. The minimum Gasteiger partial charge on any atom is -0.329 e. The molecule has 136 valence electrons. The zero-order chi connectivity index (χ0) is 18.5. The van der Waals surface area contributed by atoms with Crippen LogP contribution in [0.2, 0.25) is 0 Å². The smallest absolute Gasteiger partial charge is 0.262 e. The van der Waals surface area contributed by atoms with Crippen molar-refractivity contribution in [2.75, 3.05) is 6.54 Å². The average molecular weight is 356 g/mol. The number of nitrogens with two attached hydrogens (primary N) is 1. The second kappa shape index (κ2) is 6.00. The first-order valence-corrected chi connectivity index (χ1v) is 8.74. The van der Waals surface area contributed by atoms with Crippen LogP contribution in [0.1, 0.15) is 52.0 Å². The van der Waals surface area contributed by atoms with Crippen LogP contribution in [0, 0.1) is 0 Å². The molecule has 2 aliphatic heterocycles. The maximum Gasteiger partial charge on any atom is 0.262 e. The summed E-state index contributed by atoms with van der Waals surface area (Å²) in [6.07, 6.45) is 2.25. The second-order valence-corrected chi connectivity index (χ2v) is 7.12. The Morgan fingerprint density at radius 2 is 1.96 bits per heavy atom. The van der Waals surface area contributed by atoms with Crippen molar-refractivity contribution < 1.29 is 19.2 Å². The van der Waals surface area contributed by atoms with Crippen LogP contribution >= 0.6 is 0 Å². The van der Waals surface area contributed by atoms with Gasteiger partial charge in [0.15, 0.2) is 0 Å². The van der Waals surface area contributed by atoms with E-state index < -0.39 is 23.8 Å². The quantitative estimate of drug-likeness (QED) is 0.621. The Morgan fingerprint density at radius 1 is 1.19 bits per heavy atom. The molecule has 1 saturated heterocycles. The van der Waals surface area contributed by atoms with Gasteiger partial charge >= 0.3 is 0 Å². The summed E-state index contributed by atoms with van der Waals surface area (Å²) < 4.78 is 0. The minimum atomic E-state index is -0.945. The Morgan fingerprint density at radius 3 is 2.62 bits per heavy atom. The van der Waals surface area contributed by atoms with Crippen molar-refractivity contribution in [3.05, 3.63) is 34.9 Å². The summed E-state index contributed by atoms with van der Waals surface area (Å²) in [7, 11) is 0. The number of fused-ring (bicyclic) bond motifs is 1. The van der Waals surface area contributed by atoms with Gasteiger partial charge in [0.05, 0.1) is 11.1 Å². The summed E-state index contributed by atoms with van der Waals surface area (Å²) in [6, 6.07) is 4.19. The number of nitrogens with zero attached hydrogens (tertiary/aromatic N) is 1. The van der Waals surface area contributed by atoms with Crippen LogP contribution in [-0.2, 0) is 16.1 Å². The monoisotopic (exact) mass is 356 g/mol. The third-order valence-corrected chi connectivity index (χ3v) is 5.45. The van der Waals surface area contributed by atoms with Crippen molar-refractivity contribution in [3.63, 3.8) is 0 Å². The first kappa shape index (κ1) is 16.9. The highest BCUT2D eigenvalue weighted by Gasteiger charge is 2.46. The number of carbonyl (C=O) groups excluding carboxylic acids is 4. The van der Waals surface area contributed by atoms with Gasteiger partial charge in [0.2, 0.25) is 11.8 Å². The number of carbonyl (C=O) groups is 4. The van der Waals surface area contributed by atoms with Crippen LogP contribution in [0.3, 0.4) is 0 Å². The maximum absolute atomic E-state index is 13.0. The molecule has 8 nitrogen and oxygen atoms in total. The van der Waals surface area contributed by atoms with Crippen molar-refractivity contribution in [2.45, 2.75) is 43.8 Å². The summed E-state index contributed by atoms with van der Waals surface area (Å²) >= 11 is 0. The van der Waals surface area contributed by atoms with Gasteiger partial charge in [-0.2, -0.15) is 0 Å². The zero-order valence-electron chi connectivity index (χ0n) is 14.2. The molecule has 1 aromatic rings. The molecule has 8 heteroatoms. The molecule has 26 heavy (non-hydrogen) atoms. The summed E-state index contributed by atoms with van der Waals surface area (Å²) in [6.45, 7) is 0.958. The van der Waals surface area contributed by atoms with Gasteiger partial charge in [0.25, 0.3) is 11.8 Å². The highest BCUT2D eigenvalue weighted by atomic mass is 16.2. The number of benzene rings is 1. The van der Waals surface area contributed by atoms with Gasteiger partial charge in [-0.3, -0.25) is 29.4 Å². The van der Waals surface area contributed by atoms with Gasteiger partial charge in [0, 0.05) is 25.0 Å². The summed E-state index contributed by atoms with van der Waals surface area (Å²) in [4.78, 5) is 50.2. The normalized spacial score (nSPS) is 23.9. The van der Waals surface area contributed by atoms with E-state index in [1.165, 1.54) is 0 Å². The zero-order valence-corrected chi connectivity index (χ0v) is 14.2. The molecule has 4 N–H and O–H groups in total. The topological polar surface area (TPSA) is 122 Å². The van der Waals surface area contributed by atoms with Crippen molar-refractivity contribution in [2.24, 2.45) is 5.73 Å². The van der Waals surface area contributed by atoms with Gasteiger partial charge in [0.1, 0.15) is 6.04 Å². The molecule has 1 aromatic carbocycles. The summed E-state index contributed by atoms with van der Waals surface area (Å²) in [5.41, 5.74) is 7.06. The van der Waals surface area contributed by atoms with Crippen LogP contribution in [0.5, 0.6) is 0 Å².